The zero-order valence-corrected chi connectivity index (χ0v) is 17.3. The minimum atomic E-state index is -0.540. The lowest BCUT2D eigenvalue weighted by Crippen LogP contribution is -2.41. The van der Waals surface area contributed by atoms with E-state index in [0.717, 1.165) is 30.5 Å². The second kappa shape index (κ2) is 7.90. The molecule has 1 aliphatic carbocycles. The normalized spacial score (nSPS) is 21.1. The first-order valence-corrected chi connectivity index (χ1v) is 10.4. The van der Waals surface area contributed by atoms with E-state index >= 15 is 0 Å². The van der Waals surface area contributed by atoms with E-state index in [2.05, 4.69) is 23.5 Å². The van der Waals surface area contributed by atoms with Gasteiger partial charge in [-0.2, -0.15) is 0 Å². The van der Waals surface area contributed by atoms with Gasteiger partial charge in [0.25, 0.3) is 5.91 Å². The molecule has 1 N–H and O–H groups in total. The van der Waals surface area contributed by atoms with Crippen molar-refractivity contribution < 1.29 is 14.3 Å². The van der Waals surface area contributed by atoms with Gasteiger partial charge >= 0.3 is 0 Å². The van der Waals surface area contributed by atoms with E-state index < -0.39 is 6.10 Å². The molecule has 4 rings (SSSR count). The van der Waals surface area contributed by atoms with Gasteiger partial charge in [-0.1, -0.05) is 38.1 Å². The third-order valence-electron chi connectivity index (χ3n) is 5.84. The SMILES string of the molecule is CC(C)C(=O)Nc1ccc2c(c1)CN(C1CCCc3ccccc31)C(=O)C(C)O2. The standard InChI is InChI=1S/C24H28N2O3/c1-15(2)23(27)25-19-11-12-22-18(13-19)14-26(24(28)16(3)29-22)21-10-6-8-17-7-4-5-9-20(17)21/h4-5,7,9,11-13,15-16,21H,6,8,10,14H2,1-3H3,(H,25,27). The fourth-order valence-corrected chi connectivity index (χ4v) is 4.23. The highest BCUT2D eigenvalue weighted by molar-refractivity contribution is 5.92. The molecule has 1 aliphatic heterocycles. The van der Waals surface area contributed by atoms with Crippen LogP contribution in [0, 0.1) is 5.92 Å². The number of carbonyl (C=O) groups is 2. The summed E-state index contributed by atoms with van der Waals surface area (Å²) in [4.78, 5) is 27.3. The molecule has 5 nitrogen and oxygen atoms in total. The van der Waals surface area contributed by atoms with Crippen molar-refractivity contribution in [1.29, 1.82) is 0 Å². The Bertz CT molecular complexity index is 937. The lowest BCUT2D eigenvalue weighted by atomic mass is 9.86. The summed E-state index contributed by atoms with van der Waals surface area (Å²) in [6, 6.07) is 14.1. The van der Waals surface area contributed by atoms with E-state index in [9.17, 15) is 9.59 Å². The molecule has 2 amide bonds. The number of ether oxygens (including phenoxy) is 1. The monoisotopic (exact) mass is 392 g/mol. The molecule has 0 aromatic heterocycles. The number of hydrogen-bond acceptors (Lipinski definition) is 3. The van der Waals surface area contributed by atoms with Gasteiger partial charge in [0.15, 0.2) is 6.10 Å². The van der Waals surface area contributed by atoms with E-state index in [1.54, 1.807) is 0 Å². The second-order valence-corrected chi connectivity index (χ2v) is 8.30. The Hall–Kier alpha value is -2.82. The number of nitrogens with zero attached hydrogens (tertiary/aromatic N) is 1. The lowest BCUT2D eigenvalue weighted by molar-refractivity contribution is -0.140. The fourth-order valence-electron chi connectivity index (χ4n) is 4.23. The molecule has 5 heteroatoms. The first-order valence-electron chi connectivity index (χ1n) is 10.4. The summed E-state index contributed by atoms with van der Waals surface area (Å²) < 4.78 is 5.98. The van der Waals surface area contributed by atoms with Gasteiger partial charge in [-0.05, 0) is 55.5 Å². The Morgan fingerprint density at radius 1 is 1.17 bits per heavy atom. The summed E-state index contributed by atoms with van der Waals surface area (Å²) >= 11 is 0. The molecule has 2 aliphatic rings. The van der Waals surface area contributed by atoms with Crippen LogP contribution in [-0.4, -0.2) is 22.8 Å². The van der Waals surface area contributed by atoms with Gasteiger partial charge in [0.1, 0.15) is 5.75 Å². The lowest BCUT2D eigenvalue weighted by Gasteiger charge is -2.35. The number of benzene rings is 2. The number of fused-ring (bicyclic) bond motifs is 2. The van der Waals surface area contributed by atoms with Crippen LogP contribution in [0.5, 0.6) is 5.75 Å². The maximum absolute atomic E-state index is 13.2. The van der Waals surface area contributed by atoms with Gasteiger partial charge in [0.2, 0.25) is 5.91 Å². The Balaban J connectivity index is 1.68. The number of hydrogen-bond donors (Lipinski definition) is 1. The van der Waals surface area contributed by atoms with Crippen LogP contribution in [0.1, 0.15) is 56.3 Å². The Morgan fingerprint density at radius 3 is 2.76 bits per heavy atom. The number of aryl methyl sites for hydroxylation is 1. The zero-order chi connectivity index (χ0) is 20.5. The summed E-state index contributed by atoms with van der Waals surface area (Å²) in [6.45, 7) is 6.02. The third kappa shape index (κ3) is 3.86. The molecule has 2 atom stereocenters. The Labute approximate surface area is 172 Å². The predicted octanol–water partition coefficient (Wildman–Crippen LogP) is 4.47. The zero-order valence-electron chi connectivity index (χ0n) is 17.3. The van der Waals surface area contributed by atoms with Gasteiger partial charge < -0.3 is 15.0 Å². The molecular formula is C24H28N2O3. The summed E-state index contributed by atoms with van der Waals surface area (Å²) in [5.74, 6) is 0.597. The van der Waals surface area contributed by atoms with Gasteiger partial charge in [0.05, 0.1) is 12.6 Å². The number of anilines is 1. The van der Waals surface area contributed by atoms with Crippen molar-refractivity contribution >= 4 is 17.5 Å². The van der Waals surface area contributed by atoms with Crippen molar-refractivity contribution in [2.45, 2.75) is 58.7 Å². The largest absolute Gasteiger partial charge is 0.481 e. The molecule has 1 heterocycles. The molecular weight excluding hydrogens is 364 g/mol. The number of carbonyl (C=O) groups excluding carboxylic acids is 2. The fraction of sp³-hybridized carbons (Fsp3) is 0.417. The first-order chi connectivity index (χ1) is 13.9. The Kier molecular flexibility index (Phi) is 5.31. The second-order valence-electron chi connectivity index (χ2n) is 8.30. The summed E-state index contributed by atoms with van der Waals surface area (Å²) in [6.07, 6.45) is 2.54. The average molecular weight is 392 g/mol. The minimum absolute atomic E-state index is 0.00988. The van der Waals surface area contributed by atoms with E-state index in [0.29, 0.717) is 12.3 Å². The van der Waals surface area contributed by atoms with Crippen molar-refractivity contribution in [2.24, 2.45) is 5.92 Å². The highest BCUT2D eigenvalue weighted by atomic mass is 16.5. The molecule has 0 fully saturated rings. The molecule has 2 aromatic carbocycles. The van der Waals surface area contributed by atoms with E-state index in [1.807, 2.05) is 49.9 Å². The van der Waals surface area contributed by atoms with Crippen molar-refractivity contribution in [3.05, 3.63) is 59.2 Å². The van der Waals surface area contributed by atoms with Crippen molar-refractivity contribution in [2.75, 3.05) is 5.32 Å². The van der Waals surface area contributed by atoms with Gasteiger partial charge in [-0.3, -0.25) is 9.59 Å². The molecule has 0 saturated carbocycles. The van der Waals surface area contributed by atoms with E-state index in [4.69, 9.17) is 4.74 Å². The molecule has 0 saturated heterocycles. The Morgan fingerprint density at radius 2 is 1.97 bits per heavy atom. The predicted molar refractivity (Wildman–Crippen MR) is 113 cm³/mol. The van der Waals surface area contributed by atoms with Crippen LogP contribution in [0.25, 0.3) is 0 Å². The first kappa shape index (κ1) is 19.5. The smallest absolute Gasteiger partial charge is 0.264 e. The van der Waals surface area contributed by atoms with Gasteiger partial charge in [0, 0.05) is 17.2 Å². The van der Waals surface area contributed by atoms with Crippen molar-refractivity contribution in [3.8, 4) is 5.75 Å². The summed E-state index contributed by atoms with van der Waals surface area (Å²) in [5, 5.41) is 2.95. The molecule has 29 heavy (non-hydrogen) atoms. The van der Waals surface area contributed by atoms with Crippen LogP contribution in [0.3, 0.4) is 0 Å². The molecule has 0 bridgehead atoms. The molecule has 2 aromatic rings. The number of amides is 2. The van der Waals surface area contributed by atoms with Gasteiger partial charge in [-0.15, -0.1) is 0 Å². The van der Waals surface area contributed by atoms with Crippen LogP contribution in [-0.2, 0) is 22.6 Å². The summed E-state index contributed by atoms with van der Waals surface area (Å²) in [7, 11) is 0. The van der Waals surface area contributed by atoms with Crippen molar-refractivity contribution in [1.82, 2.24) is 4.90 Å². The van der Waals surface area contributed by atoms with Crippen LogP contribution in [0.2, 0.25) is 0 Å². The average Bonchev–Trinajstić information content (AvgIpc) is 2.84. The van der Waals surface area contributed by atoms with Crippen LogP contribution < -0.4 is 10.1 Å². The van der Waals surface area contributed by atoms with Crippen LogP contribution in [0.15, 0.2) is 42.5 Å². The highest BCUT2D eigenvalue weighted by Gasteiger charge is 2.35. The number of nitrogens with one attached hydrogen (secondary N) is 1. The highest BCUT2D eigenvalue weighted by Crippen LogP contribution is 2.38. The molecule has 152 valence electrons. The number of rotatable bonds is 3. The topological polar surface area (TPSA) is 58.6 Å². The quantitative estimate of drug-likeness (QED) is 0.838. The maximum atomic E-state index is 13.2. The molecule has 2 unspecified atom stereocenters. The molecule has 0 radical (unpaired) electrons. The van der Waals surface area contributed by atoms with Crippen molar-refractivity contribution in [3.63, 3.8) is 0 Å². The van der Waals surface area contributed by atoms with E-state index in [1.165, 1.54) is 11.1 Å². The molecule has 0 spiro atoms. The van der Waals surface area contributed by atoms with E-state index in [-0.39, 0.29) is 23.8 Å². The maximum Gasteiger partial charge on any atom is 0.264 e. The van der Waals surface area contributed by atoms with Gasteiger partial charge in [-0.25, -0.2) is 0 Å². The third-order valence-corrected chi connectivity index (χ3v) is 5.84. The summed E-state index contributed by atoms with van der Waals surface area (Å²) in [5.41, 5.74) is 4.23. The van der Waals surface area contributed by atoms with Crippen LogP contribution >= 0.6 is 0 Å². The minimum Gasteiger partial charge on any atom is -0.481 e. The van der Waals surface area contributed by atoms with Crippen LogP contribution in [0.4, 0.5) is 5.69 Å².